The van der Waals surface area contributed by atoms with Gasteiger partial charge in [0.05, 0.1) is 5.56 Å². The summed E-state index contributed by atoms with van der Waals surface area (Å²) >= 11 is 0. The predicted molar refractivity (Wildman–Crippen MR) is 102 cm³/mol. The predicted octanol–water partition coefficient (Wildman–Crippen LogP) is 1.72. The zero-order valence-electron chi connectivity index (χ0n) is 15.3. The molecule has 3 N–H and O–H groups in total. The third kappa shape index (κ3) is 4.69. The number of carbonyl (C=O) groups excluding carboxylic acids is 2. The second-order valence-corrected chi connectivity index (χ2v) is 6.52. The molecule has 0 spiro atoms. The number of methoxy groups -OCH3 is 1. The summed E-state index contributed by atoms with van der Waals surface area (Å²) in [5, 5.41) is 9.02. The summed E-state index contributed by atoms with van der Waals surface area (Å²) in [6.45, 7) is 1.95. The highest BCUT2D eigenvalue weighted by molar-refractivity contribution is 6.04. The highest BCUT2D eigenvalue weighted by Gasteiger charge is 2.39. The van der Waals surface area contributed by atoms with Crippen LogP contribution in [0.15, 0.2) is 48.8 Å². The maximum Gasteiger partial charge on any atom is 0.257 e. The molecule has 0 atom stereocenters. The second-order valence-electron chi connectivity index (χ2n) is 6.52. The normalized spacial score (nSPS) is 15.7. The second kappa shape index (κ2) is 8.75. The summed E-state index contributed by atoms with van der Waals surface area (Å²) in [5.41, 5.74) is 1.39. The molecule has 1 aliphatic heterocycles. The van der Waals surface area contributed by atoms with Crippen LogP contribution in [0.25, 0.3) is 0 Å². The van der Waals surface area contributed by atoms with E-state index in [0.717, 1.165) is 18.7 Å². The molecule has 0 radical (unpaired) electrons. The smallest absolute Gasteiger partial charge is 0.257 e. The van der Waals surface area contributed by atoms with Gasteiger partial charge >= 0.3 is 0 Å². The molecule has 1 saturated heterocycles. The molecule has 1 aromatic heterocycles. The minimum atomic E-state index is -0.747. The Hall–Kier alpha value is -2.77. The van der Waals surface area contributed by atoms with Crippen LogP contribution in [0.3, 0.4) is 0 Å². The highest BCUT2D eigenvalue weighted by Crippen LogP contribution is 2.22. The number of nitrogens with zero attached hydrogens (tertiary/aromatic N) is 1. The van der Waals surface area contributed by atoms with Gasteiger partial charge in [0.25, 0.3) is 11.8 Å². The van der Waals surface area contributed by atoms with Crippen molar-refractivity contribution < 1.29 is 14.3 Å². The average Bonchev–Trinajstić information content (AvgIpc) is 2.74. The van der Waals surface area contributed by atoms with Crippen LogP contribution in [0.2, 0.25) is 0 Å². The summed E-state index contributed by atoms with van der Waals surface area (Å²) in [5.74, 6) is -0.294. The van der Waals surface area contributed by atoms with E-state index in [1.165, 1.54) is 6.20 Å². The first-order valence-corrected chi connectivity index (χ1v) is 8.97. The Kier molecular flexibility index (Phi) is 6.16. The number of pyridine rings is 1. The van der Waals surface area contributed by atoms with Crippen LogP contribution in [-0.2, 0) is 16.1 Å². The SMILES string of the molecule is COC1(C(=O)NCc2ccc(NC(=O)c3cccnc3)cc2)CCNCC1. The van der Waals surface area contributed by atoms with Crippen LogP contribution in [0, 0.1) is 0 Å². The Morgan fingerprint density at radius 1 is 1.19 bits per heavy atom. The fourth-order valence-corrected chi connectivity index (χ4v) is 3.10. The zero-order chi connectivity index (χ0) is 19.1. The number of benzene rings is 1. The standard InChI is InChI=1S/C20H24N4O3/c1-27-20(8-11-21-12-9-20)19(26)23-13-15-4-6-17(7-5-15)24-18(25)16-3-2-10-22-14-16/h2-7,10,14,21H,8-9,11-13H2,1H3,(H,23,26)(H,24,25). The molecule has 2 amide bonds. The largest absolute Gasteiger partial charge is 0.368 e. The molecule has 7 heteroatoms. The van der Waals surface area contributed by atoms with Crippen molar-refractivity contribution in [3.63, 3.8) is 0 Å². The Labute approximate surface area is 158 Å². The molecular weight excluding hydrogens is 344 g/mol. The van der Waals surface area contributed by atoms with Crippen molar-refractivity contribution in [2.45, 2.75) is 25.0 Å². The molecule has 0 bridgehead atoms. The van der Waals surface area contributed by atoms with Crippen LogP contribution < -0.4 is 16.0 Å². The lowest BCUT2D eigenvalue weighted by atomic mass is 9.91. The molecule has 2 heterocycles. The van der Waals surface area contributed by atoms with Gasteiger partial charge in [0.1, 0.15) is 5.60 Å². The van der Waals surface area contributed by atoms with Gasteiger partial charge in [-0.25, -0.2) is 0 Å². The molecular formula is C20H24N4O3. The van der Waals surface area contributed by atoms with E-state index in [0.29, 0.717) is 30.6 Å². The van der Waals surface area contributed by atoms with E-state index < -0.39 is 5.60 Å². The van der Waals surface area contributed by atoms with Crippen molar-refractivity contribution in [1.82, 2.24) is 15.6 Å². The number of anilines is 1. The summed E-state index contributed by atoms with van der Waals surface area (Å²) in [6, 6.07) is 10.8. The Morgan fingerprint density at radius 2 is 1.93 bits per heavy atom. The van der Waals surface area contributed by atoms with Crippen LogP contribution >= 0.6 is 0 Å². The minimum absolute atomic E-state index is 0.0829. The van der Waals surface area contributed by atoms with Gasteiger partial charge in [0, 0.05) is 31.7 Å². The third-order valence-corrected chi connectivity index (χ3v) is 4.80. The lowest BCUT2D eigenvalue weighted by Crippen LogP contribution is -2.53. The fourth-order valence-electron chi connectivity index (χ4n) is 3.10. The first-order chi connectivity index (χ1) is 13.1. The molecule has 0 saturated carbocycles. The molecule has 1 fully saturated rings. The summed E-state index contributed by atoms with van der Waals surface area (Å²) < 4.78 is 5.53. The Balaban J connectivity index is 1.54. The minimum Gasteiger partial charge on any atom is -0.368 e. The van der Waals surface area contributed by atoms with Crippen LogP contribution in [0.5, 0.6) is 0 Å². The first-order valence-electron chi connectivity index (χ1n) is 8.97. The van der Waals surface area contributed by atoms with Gasteiger partial charge in [-0.1, -0.05) is 12.1 Å². The molecule has 27 heavy (non-hydrogen) atoms. The van der Waals surface area contributed by atoms with Crippen LogP contribution in [0.1, 0.15) is 28.8 Å². The van der Waals surface area contributed by atoms with Gasteiger partial charge in [-0.2, -0.15) is 0 Å². The van der Waals surface area contributed by atoms with Crippen molar-refractivity contribution in [2.24, 2.45) is 0 Å². The fraction of sp³-hybridized carbons (Fsp3) is 0.350. The van der Waals surface area contributed by atoms with Crippen molar-refractivity contribution in [2.75, 3.05) is 25.5 Å². The number of hydrogen-bond acceptors (Lipinski definition) is 5. The lowest BCUT2D eigenvalue weighted by Gasteiger charge is -2.34. The van der Waals surface area contributed by atoms with Crippen molar-refractivity contribution in [3.8, 4) is 0 Å². The quantitative estimate of drug-likeness (QED) is 0.722. The number of ether oxygens (including phenoxy) is 1. The maximum absolute atomic E-state index is 12.6. The van der Waals surface area contributed by atoms with E-state index in [4.69, 9.17) is 4.74 Å². The molecule has 1 aliphatic rings. The van der Waals surface area contributed by atoms with Gasteiger partial charge in [0.2, 0.25) is 0 Å². The van der Waals surface area contributed by atoms with E-state index >= 15 is 0 Å². The molecule has 0 aliphatic carbocycles. The Bertz CT molecular complexity index is 772. The topological polar surface area (TPSA) is 92.4 Å². The van der Waals surface area contributed by atoms with Crippen molar-refractivity contribution in [1.29, 1.82) is 0 Å². The monoisotopic (exact) mass is 368 g/mol. The van der Waals surface area contributed by atoms with Crippen molar-refractivity contribution in [3.05, 3.63) is 59.9 Å². The highest BCUT2D eigenvalue weighted by atomic mass is 16.5. The first kappa shape index (κ1) is 19.0. The van der Waals surface area contributed by atoms with E-state index in [1.54, 1.807) is 25.4 Å². The number of nitrogens with one attached hydrogen (secondary N) is 3. The number of hydrogen-bond donors (Lipinski definition) is 3. The summed E-state index contributed by atoms with van der Waals surface area (Å²) in [7, 11) is 1.59. The van der Waals surface area contributed by atoms with Crippen LogP contribution in [0.4, 0.5) is 5.69 Å². The van der Waals surface area contributed by atoms with Gasteiger partial charge in [-0.15, -0.1) is 0 Å². The molecule has 142 valence electrons. The number of rotatable bonds is 6. The van der Waals surface area contributed by atoms with Gasteiger partial charge < -0.3 is 20.7 Å². The molecule has 1 aromatic carbocycles. The average molecular weight is 368 g/mol. The van der Waals surface area contributed by atoms with E-state index in [1.807, 2.05) is 24.3 Å². The summed E-state index contributed by atoms with van der Waals surface area (Å²) in [4.78, 5) is 28.6. The van der Waals surface area contributed by atoms with Gasteiger partial charge in [-0.05, 0) is 55.8 Å². The molecule has 0 unspecified atom stereocenters. The third-order valence-electron chi connectivity index (χ3n) is 4.80. The zero-order valence-corrected chi connectivity index (χ0v) is 15.3. The molecule has 2 aromatic rings. The van der Waals surface area contributed by atoms with Gasteiger partial charge in [-0.3, -0.25) is 14.6 Å². The number of aromatic nitrogens is 1. The number of piperidine rings is 1. The molecule has 7 nitrogen and oxygen atoms in total. The maximum atomic E-state index is 12.6. The summed E-state index contributed by atoms with van der Waals surface area (Å²) in [6.07, 6.45) is 4.46. The molecule has 3 rings (SSSR count). The lowest BCUT2D eigenvalue weighted by molar-refractivity contribution is -0.146. The number of amides is 2. The van der Waals surface area contributed by atoms with Crippen molar-refractivity contribution >= 4 is 17.5 Å². The number of carbonyl (C=O) groups is 2. The van der Waals surface area contributed by atoms with Gasteiger partial charge in [0.15, 0.2) is 0 Å². The van der Waals surface area contributed by atoms with E-state index in [-0.39, 0.29) is 11.8 Å². The Morgan fingerprint density at radius 3 is 2.56 bits per heavy atom. The van der Waals surface area contributed by atoms with Crippen LogP contribution in [-0.4, -0.2) is 42.6 Å². The van der Waals surface area contributed by atoms with E-state index in [2.05, 4.69) is 20.9 Å². The van der Waals surface area contributed by atoms with E-state index in [9.17, 15) is 9.59 Å².